The Labute approximate surface area is 120 Å². The number of aromatic amines is 1. The zero-order valence-electron chi connectivity index (χ0n) is 8.91. The SMILES string of the molecule is O=c1[nH]c(=O)n(Cc2c(F)cccc2Cl)cc1I. The maximum Gasteiger partial charge on any atom is 0.328 e. The largest absolute Gasteiger partial charge is 0.328 e. The third-order valence-corrected chi connectivity index (χ3v) is 3.48. The Hall–Kier alpha value is -1.15. The summed E-state index contributed by atoms with van der Waals surface area (Å²) >= 11 is 7.67. The molecular formula is C11H7ClFIN2O2. The highest BCUT2D eigenvalue weighted by Crippen LogP contribution is 2.19. The van der Waals surface area contributed by atoms with Crippen LogP contribution >= 0.6 is 34.2 Å². The Kier molecular flexibility index (Phi) is 3.86. The van der Waals surface area contributed by atoms with Gasteiger partial charge in [-0.1, -0.05) is 17.7 Å². The summed E-state index contributed by atoms with van der Waals surface area (Å²) < 4.78 is 15.1. The van der Waals surface area contributed by atoms with Crippen LogP contribution in [0.1, 0.15) is 5.56 Å². The van der Waals surface area contributed by atoms with Gasteiger partial charge >= 0.3 is 5.69 Å². The normalized spacial score (nSPS) is 10.6. The molecule has 0 bridgehead atoms. The number of rotatable bonds is 2. The third-order valence-electron chi connectivity index (χ3n) is 2.36. The summed E-state index contributed by atoms with van der Waals surface area (Å²) in [6.07, 6.45) is 1.37. The number of hydrogen-bond donors (Lipinski definition) is 1. The molecule has 1 aromatic carbocycles. The second-order valence-electron chi connectivity index (χ2n) is 3.56. The van der Waals surface area contributed by atoms with Gasteiger partial charge in [0, 0.05) is 16.8 Å². The van der Waals surface area contributed by atoms with E-state index in [4.69, 9.17) is 11.6 Å². The van der Waals surface area contributed by atoms with E-state index in [0.717, 1.165) is 0 Å². The first-order valence-electron chi connectivity index (χ1n) is 4.91. The van der Waals surface area contributed by atoms with E-state index in [-0.39, 0.29) is 17.1 Å². The van der Waals surface area contributed by atoms with Gasteiger partial charge in [-0.25, -0.2) is 9.18 Å². The molecule has 0 radical (unpaired) electrons. The molecule has 0 saturated carbocycles. The molecule has 0 aliphatic carbocycles. The topological polar surface area (TPSA) is 54.9 Å². The molecule has 7 heteroatoms. The molecule has 18 heavy (non-hydrogen) atoms. The first-order chi connectivity index (χ1) is 8.49. The molecule has 2 rings (SSSR count). The molecule has 0 spiro atoms. The maximum absolute atomic E-state index is 13.6. The zero-order chi connectivity index (χ0) is 13.3. The summed E-state index contributed by atoms with van der Waals surface area (Å²) in [5, 5.41) is 0.239. The van der Waals surface area contributed by atoms with Crippen LogP contribution in [0.2, 0.25) is 5.02 Å². The van der Waals surface area contributed by atoms with Crippen molar-refractivity contribution >= 4 is 34.2 Å². The van der Waals surface area contributed by atoms with Gasteiger partial charge in [-0.3, -0.25) is 14.3 Å². The minimum atomic E-state index is -0.597. The smallest absolute Gasteiger partial charge is 0.295 e. The molecule has 2 aromatic rings. The molecule has 0 aliphatic rings. The van der Waals surface area contributed by atoms with Crippen molar-refractivity contribution in [3.8, 4) is 0 Å². The number of benzene rings is 1. The van der Waals surface area contributed by atoms with E-state index in [1.165, 1.54) is 22.9 Å². The van der Waals surface area contributed by atoms with Crippen molar-refractivity contribution in [1.29, 1.82) is 0 Å². The van der Waals surface area contributed by atoms with Gasteiger partial charge in [-0.2, -0.15) is 0 Å². The number of nitrogens with one attached hydrogen (secondary N) is 1. The second-order valence-corrected chi connectivity index (χ2v) is 5.13. The summed E-state index contributed by atoms with van der Waals surface area (Å²) in [5.74, 6) is -0.490. The fourth-order valence-corrected chi connectivity index (χ4v) is 2.15. The van der Waals surface area contributed by atoms with Crippen LogP contribution in [0.15, 0.2) is 34.0 Å². The monoisotopic (exact) mass is 380 g/mol. The lowest BCUT2D eigenvalue weighted by Gasteiger charge is -2.08. The molecule has 0 unspecified atom stereocenters. The first kappa shape index (κ1) is 13.3. The summed E-state index contributed by atoms with van der Waals surface area (Å²) in [4.78, 5) is 24.9. The Bertz CT molecular complexity index is 691. The van der Waals surface area contributed by atoms with Gasteiger partial charge in [0.05, 0.1) is 10.1 Å². The van der Waals surface area contributed by atoms with Gasteiger partial charge in [0.2, 0.25) is 0 Å². The predicted octanol–water partition coefficient (Wildman–Crippen LogP) is 1.98. The van der Waals surface area contributed by atoms with Crippen molar-refractivity contribution in [3.63, 3.8) is 0 Å². The van der Waals surface area contributed by atoms with Crippen molar-refractivity contribution in [2.75, 3.05) is 0 Å². The lowest BCUT2D eigenvalue weighted by molar-refractivity contribution is 0.592. The molecule has 0 fully saturated rings. The van der Waals surface area contributed by atoms with E-state index >= 15 is 0 Å². The van der Waals surface area contributed by atoms with Crippen LogP contribution in [0.3, 0.4) is 0 Å². The average molecular weight is 381 g/mol. The quantitative estimate of drug-likeness (QED) is 0.810. The van der Waals surface area contributed by atoms with Crippen molar-refractivity contribution in [2.24, 2.45) is 0 Å². The van der Waals surface area contributed by atoms with E-state index < -0.39 is 17.1 Å². The lowest BCUT2D eigenvalue weighted by atomic mass is 10.2. The molecule has 4 nitrogen and oxygen atoms in total. The van der Waals surface area contributed by atoms with Crippen LogP contribution in [0.4, 0.5) is 4.39 Å². The van der Waals surface area contributed by atoms with E-state index in [1.54, 1.807) is 28.7 Å². The zero-order valence-corrected chi connectivity index (χ0v) is 11.8. The van der Waals surface area contributed by atoms with Gasteiger partial charge < -0.3 is 0 Å². The van der Waals surface area contributed by atoms with Crippen LogP contribution in [-0.4, -0.2) is 9.55 Å². The summed E-state index contributed by atoms with van der Waals surface area (Å²) in [7, 11) is 0. The number of H-pyrrole nitrogens is 1. The fourth-order valence-electron chi connectivity index (χ4n) is 1.45. The van der Waals surface area contributed by atoms with Crippen molar-refractivity contribution < 1.29 is 4.39 Å². The minimum Gasteiger partial charge on any atom is -0.295 e. The van der Waals surface area contributed by atoms with E-state index in [9.17, 15) is 14.0 Å². The number of hydrogen-bond acceptors (Lipinski definition) is 2. The molecule has 94 valence electrons. The van der Waals surface area contributed by atoms with Crippen LogP contribution in [0.5, 0.6) is 0 Å². The average Bonchev–Trinajstić information content (AvgIpc) is 2.30. The Morgan fingerprint density at radius 1 is 1.39 bits per heavy atom. The Morgan fingerprint density at radius 2 is 2.11 bits per heavy atom. The van der Waals surface area contributed by atoms with Crippen molar-refractivity contribution in [3.05, 3.63) is 65.2 Å². The van der Waals surface area contributed by atoms with Crippen LogP contribution in [-0.2, 0) is 6.54 Å². The maximum atomic E-state index is 13.6. The molecule has 0 amide bonds. The Balaban J connectivity index is 2.50. The molecule has 0 aliphatic heterocycles. The van der Waals surface area contributed by atoms with Gasteiger partial charge in [-0.05, 0) is 34.7 Å². The van der Waals surface area contributed by atoms with Crippen LogP contribution in [0.25, 0.3) is 0 Å². The number of aromatic nitrogens is 2. The van der Waals surface area contributed by atoms with Crippen molar-refractivity contribution in [2.45, 2.75) is 6.54 Å². The molecule has 1 aromatic heterocycles. The highest BCUT2D eigenvalue weighted by Gasteiger charge is 2.09. The molecule has 0 atom stereocenters. The molecule has 1 heterocycles. The number of halogens is 3. The second kappa shape index (κ2) is 5.23. The molecule has 0 saturated heterocycles. The van der Waals surface area contributed by atoms with Crippen molar-refractivity contribution in [1.82, 2.24) is 9.55 Å². The van der Waals surface area contributed by atoms with E-state index in [0.29, 0.717) is 3.57 Å². The van der Waals surface area contributed by atoms with Gasteiger partial charge in [0.1, 0.15) is 5.82 Å². The minimum absolute atomic E-state index is 0.0306. The highest BCUT2D eigenvalue weighted by molar-refractivity contribution is 14.1. The third kappa shape index (κ3) is 2.64. The summed E-state index contributed by atoms with van der Waals surface area (Å²) in [6, 6.07) is 4.30. The first-order valence-corrected chi connectivity index (χ1v) is 6.37. The van der Waals surface area contributed by atoms with Gasteiger partial charge in [0.25, 0.3) is 5.56 Å². The predicted molar refractivity (Wildman–Crippen MR) is 74.6 cm³/mol. The fraction of sp³-hybridized carbons (Fsp3) is 0.0909. The van der Waals surface area contributed by atoms with Crippen LogP contribution < -0.4 is 11.2 Å². The lowest BCUT2D eigenvalue weighted by Crippen LogP contribution is -2.31. The summed E-state index contributed by atoms with van der Waals surface area (Å²) in [6.45, 7) is -0.0306. The summed E-state index contributed by atoms with van der Waals surface area (Å²) in [5.41, 5.74) is -0.847. The highest BCUT2D eigenvalue weighted by atomic mass is 127. The van der Waals surface area contributed by atoms with Gasteiger partial charge in [-0.15, -0.1) is 0 Å². The molecule has 1 N–H and O–H groups in total. The Morgan fingerprint density at radius 3 is 2.78 bits per heavy atom. The molecular weight excluding hydrogens is 373 g/mol. The van der Waals surface area contributed by atoms with E-state index in [1.807, 2.05) is 0 Å². The van der Waals surface area contributed by atoms with Gasteiger partial charge in [0.15, 0.2) is 0 Å². The number of nitrogens with zero attached hydrogens (tertiary/aromatic N) is 1. The van der Waals surface area contributed by atoms with E-state index in [2.05, 4.69) is 4.98 Å². The standard InChI is InChI=1S/C11H7ClFIN2O2/c12-7-2-1-3-8(13)6(7)4-16-5-9(14)10(17)15-11(16)18/h1-3,5H,4H2,(H,15,17,18). The van der Waals surface area contributed by atoms with Crippen LogP contribution in [0, 0.1) is 9.39 Å².